The van der Waals surface area contributed by atoms with Crippen LogP contribution in [0.5, 0.6) is 0 Å². The first kappa shape index (κ1) is 16.8. The molecule has 0 N–H and O–H groups in total. The number of rotatable bonds is 1. The first-order chi connectivity index (χ1) is 11.8. The van der Waals surface area contributed by atoms with Gasteiger partial charge in [-0.15, -0.1) is 0 Å². The zero-order valence-electron chi connectivity index (χ0n) is 15.5. The van der Waals surface area contributed by atoms with Crippen LogP contribution in [-0.4, -0.2) is 17.9 Å². The number of carbonyl (C=O) groups excluding carboxylic acids is 2. The van der Waals surface area contributed by atoms with Crippen LogP contribution in [0.1, 0.15) is 52.9 Å². The average molecular weight is 340 g/mol. The van der Waals surface area contributed by atoms with Gasteiger partial charge in [-0.2, -0.15) is 0 Å². The molecule has 134 valence electrons. The molecule has 0 aromatic heterocycles. The number of esters is 1. The van der Waals surface area contributed by atoms with E-state index in [9.17, 15) is 9.59 Å². The molecule has 2 saturated carbocycles. The van der Waals surface area contributed by atoms with E-state index in [1.54, 1.807) is 0 Å². The highest BCUT2D eigenvalue weighted by Crippen LogP contribution is 2.64. The van der Waals surface area contributed by atoms with Gasteiger partial charge in [-0.05, 0) is 67.1 Å². The van der Waals surface area contributed by atoms with Crippen LogP contribution in [0.3, 0.4) is 0 Å². The van der Waals surface area contributed by atoms with E-state index < -0.39 is 0 Å². The predicted octanol–water partition coefficient (Wildman–Crippen LogP) is 4.39. The van der Waals surface area contributed by atoms with Crippen molar-refractivity contribution in [3.8, 4) is 0 Å². The van der Waals surface area contributed by atoms with Crippen molar-refractivity contribution >= 4 is 11.8 Å². The number of ketones is 1. The molecule has 25 heavy (non-hydrogen) atoms. The van der Waals surface area contributed by atoms with Gasteiger partial charge in [0.15, 0.2) is 5.78 Å². The Morgan fingerprint density at radius 3 is 2.72 bits per heavy atom. The van der Waals surface area contributed by atoms with E-state index in [0.717, 1.165) is 37.7 Å². The Morgan fingerprint density at radius 1 is 1.24 bits per heavy atom. The van der Waals surface area contributed by atoms with E-state index in [1.807, 2.05) is 6.08 Å². The molecule has 0 bridgehead atoms. The third-order valence-electron chi connectivity index (χ3n) is 7.75. The van der Waals surface area contributed by atoms with Crippen molar-refractivity contribution < 1.29 is 14.3 Å². The Balaban J connectivity index is 1.69. The summed E-state index contributed by atoms with van der Waals surface area (Å²) in [6, 6.07) is 0. The van der Waals surface area contributed by atoms with E-state index in [-0.39, 0.29) is 28.7 Å². The normalized spacial score (nSPS) is 45.3. The van der Waals surface area contributed by atoms with Gasteiger partial charge in [0.05, 0.1) is 0 Å². The summed E-state index contributed by atoms with van der Waals surface area (Å²) in [4.78, 5) is 23.6. The predicted molar refractivity (Wildman–Crippen MR) is 96.7 cm³/mol. The molecule has 3 nitrogen and oxygen atoms in total. The first-order valence-electron chi connectivity index (χ1n) is 9.55. The third-order valence-corrected chi connectivity index (χ3v) is 7.75. The topological polar surface area (TPSA) is 43.4 Å². The smallest absolute Gasteiger partial charge is 0.302 e. The molecule has 0 aromatic rings. The number of carbonyl (C=O) groups is 2. The van der Waals surface area contributed by atoms with Crippen LogP contribution in [0, 0.1) is 28.6 Å². The Morgan fingerprint density at radius 2 is 2.00 bits per heavy atom. The number of hydrogen-bond acceptors (Lipinski definition) is 3. The molecule has 4 aliphatic rings. The molecule has 0 radical (unpaired) electrons. The van der Waals surface area contributed by atoms with Crippen molar-refractivity contribution in [3.05, 3.63) is 36.0 Å². The van der Waals surface area contributed by atoms with E-state index in [2.05, 4.69) is 32.6 Å². The van der Waals surface area contributed by atoms with Gasteiger partial charge < -0.3 is 4.74 Å². The monoisotopic (exact) mass is 340 g/mol. The summed E-state index contributed by atoms with van der Waals surface area (Å²) in [6.45, 7) is 10.2. The molecule has 0 aliphatic heterocycles. The van der Waals surface area contributed by atoms with Gasteiger partial charge in [-0.1, -0.05) is 32.6 Å². The molecular formula is C22H28O3. The van der Waals surface area contributed by atoms with Crippen molar-refractivity contribution in [1.82, 2.24) is 0 Å². The lowest BCUT2D eigenvalue weighted by Crippen LogP contribution is -2.50. The molecule has 0 heterocycles. The fourth-order valence-corrected chi connectivity index (χ4v) is 6.39. The Labute approximate surface area is 150 Å². The maximum Gasteiger partial charge on any atom is 0.302 e. The SMILES string of the molecule is C=C1C[C@@]2(C)C(=CC1=O)C=C[C@H]1[C@@H]3CC[C@H](OC(C)=O)[C@@]3(C)CC[C@@H]12. The van der Waals surface area contributed by atoms with Crippen LogP contribution in [-0.2, 0) is 14.3 Å². The van der Waals surface area contributed by atoms with Gasteiger partial charge in [0.2, 0.25) is 0 Å². The van der Waals surface area contributed by atoms with Crippen molar-refractivity contribution in [2.24, 2.45) is 28.6 Å². The molecule has 3 heteroatoms. The van der Waals surface area contributed by atoms with Gasteiger partial charge in [0, 0.05) is 17.8 Å². The lowest BCUT2D eigenvalue weighted by molar-refractivity contribution is -0.155. The van der Waals surface area contributed by atoms with Crippen molar-refractivity contribution in [1.29, 1.82) is 0 Å². The molecule has 0 unspecified atom stereocenters. The second-order valence-electron chi connectivity index (χ2n) is 9.03. The Hall–Kier alpha value is -1.64. The average Bonchev–Trinajstić information content (AvgIpc) is 2.85. The van der Waals surface area contributed by atoms with E-state index in [4.69, 9.17) is 4.74 Å². The summed E-state index contributed by atoms with van der Waals surface area (Å²) in [7, 11) is 0. The van der Waals surface area contributed by atoms with Crippen LogP contribution in [0.15, 0.2) is 36.0 Å². The summed E-state index contributed by atoms with van der Waals surface area (Å²) in [5, 5.41) is 0. The quantitative estimate of drug-likeness (QED) is 0.525. The standard InChI is InChI=1S/C22H28O3/c1-13-12-22(4)15(11-19(13)24)5-6-16-17-7-8-20(25-14(2)23)21(17,3)10-9-18(16)22/h5-6,11,16-18,20H,1,7-10,12H2,2-4H3/t16-,17-,18-,20-,21-,22-/m0/s1. The van der Waals surface area contributed by atoms with Gasteiger partial charge in [-0.3, -0.25) is 9.59 Å². The molecule has 0 saturated heterocycles. The molecule has 4 rings (SSSR count). The summed E-state index contributed by atoms with van der Waals surface area (Å²) >= 11 is 0. The molecule has 0 spiro atoms. The molecule has 0 amide bonds. The number of hydrogen-bond donors (Lipinski definition) is 0. The third kappa shape index (κ3) is 2.31. The van der Waals surface area contributed by atoms with E-state index in [1.165, 1.54) is 12.5 Å². The minimum Gasteiger partial charge on any atom is -0.462 e. The molecular weight excluding hydrogens is 312 g/mol. The minimum absolute atomic E-state index is 0.0191. The maximum absolute atomic E-state index is 12.1. The van der Waals surface area contributed by atoms with Crippen LogP contribution in [0.4, 0.5) is 0 Å². The van der Waals surface area contributed by atoms with Crippen molar-refractivity contribution in [2.45, 2.75) is 59.0 Å². The fraction of sp³-hybridized carbons (Fsp3) is 0.636. The highest BCUT2D eigenvalue weighted by atomic mass is 16.5. The van der Waals surface area contributed by atoms with Gasteiger partial charge in [-0.25, -0.2) is 0 Å². The first-order valence-corrected chi connectivity index (χ1v) is 9.55. The lowest BCUT2D eigenvalue weighted by atomic mass is 9.49. The molecule has 6 atom stereocenters. The number of allylic oxidation sites excluding steroid dienone is 5. The van der Waals surface area contributed by atoms with Crippen LogP contribution in [0.25, 0.3) is 0 Å². The van der Waals surface area contributed by atoms with Crippen LogP contribution in [0.2, 0.25) is 0 Å². The summed E-state index contributed by atoms with van der Waals surface area (Å²) in [5.41, 5.74) is 2.03. The zero-order chi connectivity index (χ0) is 18.0. The van der Waals surface area contributed by atoms with Crippen molar-refractivity contribution in [3.63, 3.8) is 0 Å². The zero-order valence-corrected chi connectivity index (χ0v) is 15.5. The highest BCUT2D eigenvalue weighted by Gasteiger charge is 2.59. The Kier molecular flexibility index (Phi) is 3.65. The summed E-state index contributed by atoms with van der Waals surface area (Å²) < 4.78 is 5.69. The van der Waals surface area contributed by atoms with Gasteiger partial charge in [0.25, 0.3) is 0 Å². The number of fused-ring (bicyclic) bond motifs is 5. The fourth-order valence-electron chi connectivity index (χ4n) is 6.39. The second-order valence-corrected chi connectivity index (χ2v) is 9.03. The van der Waals surface area contributed by atoms with Gasteiger partial charge >= 0.3 is 5.97 Å². The van der Waals surface area contributed by atoms with Crippen LogP contribution >= 0.6 is 0 Å². The Bertz CT molecular complexity index is 715. The molecule has 4 aliphatic carbocycles. The molecule has 2 fully saturated rings. The van der Waals surface area contributed by atoms with E-state index >= 15 is 0 Å². The maximum atomic E-state index is 12.1. The largest absolute Gasteiger partial charge is 0.462 e. The summed E-state index contributed by atoms with van der Waals surface area (Å²) in [6.07, 6.45) is 11.5. The minimum atomic E-state index is -0.160. The summed E-state index contributed by atoms with van der Waals surface area (Å²) in [5.74, 6) is 1.53. The highest BCUT2D eigenvalue weighted by molar-refractivity contribution is 6.05. The van der Waals surface area contributed by atoms with Crippen LogP contribution < -0.4 is 0 Å². The molecule has 0 aromatic carbocycles. The number of ether oxygens (including phenoxy) is 1. The second kappa shape index (κ2) is 5.43. The lowest BCUT2D eigenvalue weighted by Gasteiger charge is -2.55. The van der Waals surface area contributed by atoms with Gasteiger partial charge in [0.1, 0.15) is 6.10 Å². The van der Waals surface area contributed by atoms with Crippen molar-refractivity contribution in [2.75, 3.05) is 0 Å². The van der Waals surface area contributed by atoms with E-state index in [0.29, 0.717) is 17.8 Å².